The average molecular weight is 338 g/mol. The Morgan fingerprint density at radius 1 is 1.32 bits per heavy atom. The van der Waals surface area contributed by atoms with Crippen molar-refractivity contribution in [3.63, 3.8) is 0 Å². The number of hydrogen-bond acceptors (Lipinski definition) is 4. The van der Waals surface area contributed by atoms with Crippen molar-refractivity contribution in [2.24, 2.45) is 0 Å². The summed E-state index contributed by atoms with van der Waals surface area (Å²) in [6.07, 6.45) is 2.74. The third-order valence-electron chi connectivity index (χ3n) is 2.89. The molecule has 98 valence electrons. The molecule has 1 fully saturated rings. The molecule has 0 atom stereocenters. The molecule has 6 heteroatoms. The smallest absolute Gasteiger partial charge is 0.230 e. The number of nitrogens with one attached hydrogen (secondary N) is 1. The van der Waals surface area contributed by atoms with E-state index in [4.69, 9.17) is 0 Å². The van der Waals surface area contributed by atoms with Gasteiger partial charge in [0.15, 0.2) is 0 Å². The lowest BCUT2D eigenvalue weighted by Crippen LogP contribution is -2.14. The van der Waals surface area contributed by atoms with Crippen LogP contribution >= 0.6 is 27.3 Å². The van der Waals surface area contributed by atoms with Gasteiger partial charge < -0.3 is 5.32 Å². The maximum absolute atomic E-state index is 11.9. The second-order valence-electron chi connectivity index (χ2n) is 4.57. The predicted molar refractivity (Wildman–Crippen MR) is 78.4 cm³/mol. The lowest BCUT2D eigenvalue weighted by Gasteiger charge is -2.01. The van der Waals surface area contributed by atoms with Crippen molar-refractivity contribution >= 4 is 38.3 Å². The van der Waals surface area contributed by atoms with E-state index in [-0.39, 0.29) is 5.91 Å². The van der Waals surface area contributed by atoms with Crippen LogP contribution in [0.1, 0.15) is 29.3 Å². The number of anilines is 1. The molecule has 3 rings (SSSR count). The molecule has 1 N–H and O–H groups in total. The van der Waals surface area contributed by atoms with Gasteiger partial charge in [-0.3, -0.25) is 4.79 Å². The molecule has 1 saturated carbocycles. The van der Waals surface area contributed by atoms with E-state index in [1.165, 1.54) is 24.2 Å². The second-order valence-corrected chi connectivity index (χ2v) is 6.50. The summed E-state index contributed by atoms with van der Waals surface area (Å²) in [5, 5.41) is 12.5. The molecule has 1 amide bonds. The highest BCUT2D eigenvalue weighted by molar-refractivity contribution is 9.10. The minimum atomic E-state index is -0.0548. The molecular weight excluding hydrogens is 326 g/mol. The van der Waals surface area contributed by atoms with Crippen LogP contribution in [0.25, 0.3) is 0 Å². The van der Waals surface area contributed by atoms with Crippen LogP contribution in [0.15, 0.2) is 28.7 Å². The predicted octanol–water partition coefficient (Wildman–Crippen LogP) is 3.36. The van der Waals surface area contributed by atoms with Crippen LogP contribution in [-0.2, 0) is 11.2 Å². The number of benzene rings is 1. The quantitative estimate of drug-likeness (QED) is 0.930. The van der Waals surface area contributed by atoms with Crippen LogP contribution in [0.4, 0.5) is 5.13 Å². The van der Waals surface area contributed by atoms with Gasteiger partial charge in [-0.25, -0.2) is 0 Å². The van der Waals surface area contributed by atoms with Gasteiger partial charge >= 0.3 is 0 Å². The topological polar surface area (TPSA) is 54.9 Å². The van der Waals surface area contributed by atoms with Crippen LogP contribution in [0.2, 0.25) is 0 Å². The number of carbonyl (C=O) groups is 1. The van der Waals surface area contributed by atoms with Crippen LogP contribution in [0.3, 0.4) is 0 Å². The normalized spacial score (nSPS) is 14.4. The minimum absolute atomic E-state index is 0.0548. The monoisotopic (exact) mass is 337 g/mol. The van der Waals surface area contributed by atoms with Crippen LogP contribution in [0, 0.1) is 0 Å². The lowest BCUT2D eigenvalue weighted by molar-refractivity contribution is -0.115. The molecule has 0 unspecified atom stereocenters. The Bertz CT molecular complexity index is 592. The summed E-state index contributed by atoms with van der Waals surface area (Å²) < 4.78 is 1.01. The van der Waals surface area contributed by atoms with Crippen molar-refractivity contribution < 1.29 is 4.79 Å². The van der Waals surface area contributed by atoms with Gasteiger partial charge in [-0.05, 0) is 30.5 Å². The van der Waals surface area contributed by atoms with Gasteiger partial charge in [0.2, 0.25) is 11.0 Å². The van der Waals surface area contributed by atoms with Crippen molar-refractivity contribution in [2.75, 3.05) is 5.32 Å². The Labute approximate surface area is 123 Å². The van der Waals surface area contributed by atoms with E-state index >= 15 is 0 Å². The molecule has 1 heterocycles. The number of rotatable bonds is 4. The maximum Gasteiger partial charge on any atom is 0.230 e. The zero-order valence-electron chi connectivity index (χ0n) is 10.1. The third kappa shape index (κ3) is 3.39. The Morgan fingerprint density at radius 3 is 2.74 bits per heavy atom. The van der Waals surface area contributed by atoms with E-state index in [9.17, 15) is 4.79 Å². The summed E-state index contributed by atoms with van der Waals surface area (Å²) in [4.78, 5) is 11.9. The Morgan fingerprint density at radius 2 is 2.05 bits per heavy atom. The van der Waals surface area contributed by atoms with Crippen LogP contribution < -0.4 is 5.32 Å². The summed E-state index contributed by atoms with van der Waals surface area (Å²) in [5.41, 5.74) is 0.979. The largest absolute Gasteiger partial charge is 0.300 e. The number of hydrogen-bond donors (Lipinski definition) is 1. The fourth-order valence-corrected chi connectivity index (χ4v) is 2.92. The summed E-state index contributed by atoms with van der Waals surface area (Å²) in [5.74, 6) is 0.524. The van der Waals surface area contributed by atoms with E-state index in [2.05, 4.69) is 31.4 Å². The summed E-state index contributed by atoms with van der Waals surface area (Å²) in [6, 6.07) is 7.72. The van der Waals surface area contributed by atoms with Gasteiger partial charge in [0.05, 0.1) is 6.42 Å². The third-order valence-corrected chi connectivity index (χ3v) is 4.42. The van der Waals surface area contributed by atoms with E-state index in [0.29, 0.717) is 17.5 Å². The van der Waals surface area contributed by atoms with E-state index in [1.54, 1.807) is 0 Å². The molecule has 0 saturated heterocycles. The first-order valence-corrected chi connectivity index (χ1v) is 7.69. The summed E-state index contributed by atoms with van der Waals surface area (Å²) >= 11 is 4.85. The standard InChI is InChI=1S/C13H12BrN3OS/c14-10-5-1-8(2-6-10)7-11(18)15-13-17-16-12(19-13)9-3-4-9/h1-2,5-6,9H,3-4,7H2,(H,15,17,18). The summed E-state index contributed by atoms with van der Waals surface area (Å²) in [7, 11) is 0. The van der Waals surface area contributed by atoms with E-state index in [1.807, 2.05) is 24.3 Å². The molecule has 0 radical (unpaired) electrons. The lowest BCUT2D eigenvalue weighted by atomic mass is 10.1. The molecule has 0 spiro atoms. The second kappa shape index (κ2) is 5.38. The highest BCUT2D eigenvalue weighted by Crippen LogP contribution is 2.42. The summed E-state index contributed by atoms with van der Waals surface area (Å²) in [6.45, 7) is 0. The molecule has 4 nitrogen and oxygen atoms in total. The van der Waals surface area contributed by atoms with Gasteiger partial charge in [-0.15, -0.1) is 10.2 Å². The SMILES string of the molecule is O=C(Cc1ccc(Br)cc1)Nc1nnc(C2CC2)s1. The zero-order chi connectivity index (χ0) is 13.2. The minimum Gasteiger partial charge on any atom is -0.300 e. The number of nitrogens with zero attached hydrogens (tertiary/aromatic N) is 2. The van der Waals surface area contributed by atoms with Gasteiger partial charge in [0, 0.05) is 10.4 Å². The van der Waals surface area contributed by atoms with Crippen molar-refractivity contribution in [1.82, 2.24) is 10.2 Å². The van der Waals surface area contributed by atoms with Crippen molar-refractivity contribution in [3.05, 3.63) is 39.3 Å². The van der Waals surface area contributed by atoms with Crippen molar-refractivity contribution in [2.45, 2.75) is 25.2 Å². The molecule has 0 bridgehead atoms. The molecule has 19 heavy (non-hydrogen) atoms. The first-order chi connectivity index (χ1) is 9.20. The van der Waals surface area contributed by atoms with Gasteiger partial charge in [0.1, 0.15) is 5.01 Å². The molecular formula is C13H12BrN3OS. The van der Waals surface area contributed by atoms with E-state index in [0.717, 1.165) is 15.0 Å². The van der Waals surface area contributed by atoms with Crippen molar-refractivity contribution in [3.8, 4) is 0 Å². The molecule has 1 aromatic heterocycles. The van der Waals surface area contributed by atoms with Gasteiger partial charge in [-0.2, -0.15) is 0 Å². The number of amides is 1. The first-order valence-electron chi connectivity index (χ1n) is 6.08. The Kier molecular flexibility index (Phi) is 3.61. The average Bonchev–Trinajstić information content (AvgIpc) is 3.14. The molecule has 0 aliphatic heterocycles. The van der Waals surface area contributed by atoms with Crippen LogP contribution in [0.5, 0.6) is 0 Å². The van der Waals surface area contributed by atoms with Gasteiger partial charge in [-0.1, -0.05) is 39.4 Å². The molecule has 1 aliphatic carbocycles. The number of aromatic nitrogens is 2. The van der Waals surface area contributed by atoms with Crippen LogP contribution in [-0.4, -0.2) is 16.1 Å². The Balaban J connectivity index is 1.59. The first kappa shape index (κ1) is 12.7. The fourth-order valence-electron chi connectivity index (χ4n) is 1.73. The zero-order valence-corrected chi connectivity index (χ0v) is 12.5. The van der Waals surface area contributed by atoms with Crippen molar-refractivity contribution in [1.29, 1.82) is 0 Å². The van der Waals surface area contributed by atoms with Gasteiger partial charge in [0.25, 0.3) is 0 Å². The Hall–Kier alpha value is -1.27. The fraction of sp³-hybridized carbons (Fsp3) is 0.308. The maximum atomic E-state index is 11.9. The molecule has 1 aliphatic rings. The number of halogens is 1. The molecule has 2 aromatic rings. The van der Waals surface area contributed by atoms with E-state index < -0.39 is 0 Å². The number of carbonyl (C=O) groups excluding carboxylic acids is 1. The molecule has 1 aromatic carbocycles. The highest BCUT2D eigenvalue weighted by atomic mass is 79.9. The highest BCUT2D eigenvalue weighted by Gasteiger charge is 2.27.